The van der Waals surface area contributed by atoms with Crippen LogP contribution in [0.15, 0.2) is 0 Å². The number of ether oxygens (including phenoxy) is 1. The summed E-state index contributed by atoms with van der Waals surface area (Å²) in [6.45, 7) is 5.23. The van der Waals surface area contributed by atoms with Gasteiger partial charge in [-0.25, -0.2) is 4.21 Å². The molecule has 0 fully saturated rings. The lowest BCUT2D eigenvalue weighted by Gasteiger charge is -2.14. The first-order valence-corrected chi connectivity index (χ1v) is 5.96. The van der Waals surface area contributed by atoms with Gasteiger partial charge in [-0.1, -0.05) is 19.8 Å². The molecule has 3 atom stereocenters. The summed E-state index contributed by atoms with van der Waals surface area (Å²) in [7, 11) is 0. The van der Waals surface area contributed by atoms with Crippen molar-refractivity contribution in [3.05, 3.63) is 0 Å². The number of hydrogen-bond donors (Lipinski definition) is 1. The number of esters is 1. The minimum Gasteiger partial charge on any atom is -0.462 e. The van der Waals surface area contributed by atoms with E-state index in [1.54, 1.807) is 6.92 Å². The quantitative estimate of drug-likeness (QED) is 0.549. The van der Waals surface area contributed by atoms with Crippen molar-refractivity contribution in [2.24, 2.45) is 0 Å². The molecule has 0 heterocycles. The zero-order valence-corrected chi connectivity index (χ0v) is 9.67. The standard InChI is InChI=1S/C9H18O4S/c1-4-5-6-7(2)13-9(10)8(3)14(11)12/h7-8H,4-6H2,1-3H3,(H,11,12). The van der Waals surface area contributed by atoms with E-state index in [0.717, 1.165) is 19.3 Å². The van der Waals surface area contributed by atoms with E-state index in [2.05, 4.69) is 6.92 Å². The van der Waals surface area contributed by atoms with E-state index >= 15 is 0 Å². The van der Waals surface area contributed by atoms with E-state index in [-0.39, 0.29) is 6.10 Å². The molecule has 3 unspecified atom stereocenters. The highest BCUT2D eigenvalue weighted by Crippen LogP contribution is 2.06. The fourth-order valence-corrected chi connectivity index (χ4v) is 1.15. The first kappa shape index (κ1) is 13.6. The topological polar surface area (TPSA) is 63.6 Å². The van der Waals surface area contributed by atoms with Gasteiger partial charge in [0, 0.05) is 0 Å². The Labute approximate surface area is 87.3 Å². The molecule has 0 aromatic rings. The van der Waals surface area contributed by atoms with Crippen LogP contribution in [0.5, 0.6) is 0 Å². The number of hydrogen-bond acceptors (Lipinski definition) is 3. The van der Waals surface area contributed by atoms with Crippen LogP contribution in [0.3, 0.4) is 0 Å². The molecule has 0 saturated carbocycles. The highest BCUT2D eigenvalue weighted by Gasteiger charge is 2.21. The van der Waals surface area contributed by atoms with Gasteiger partial charge in [0.15, 0.2) is 16.3 Å². The van der Waals surface area contributed by atoms with Crippen LogP contribution >= 0.6 is 0 Å². The zero-order chi connectivity index (χ0) is 11.1. The van der Waals surface area contributed by atoms with Crippen molar-refractivity contribution in [2.75, 3.05) is 0 Å². The van der Waals surface area contributed by atoms with Crippen molar-refractivity contribution in [3.8, 4) is 0 Å². The highest BCUT2D eigenvalue weighted by atomic mass is 32.2. The number of carbonyl (C=O) groups excluding carboxylic acids is 1. The fraction of sp³-hybridized carbons (Fsp3) is 0.889. The van der Waals surface area contributed by atoms with Gasteiger partial charge in [-0.2, -0.15) is 0 Å². The maximum absolute atomic E-state index is 11.2. The van der Waals surface area contributed by atoms with Gasteiger partial charge in [0.1, 0.15) is 0 Å². The third-order valence-corrected chi connectivity index (χ3v) is 2.71. The molecule has 84 valence electrons. The van der Waals surface area contributed by atoms with Crippen LogP contribution in [-0.2, 0) is 20.6 Å². The lowest BCUT2D eigenvalue weighted by Crippen LogP contribution is -2.27. The molecule has 0 radical (unpaired) electrons. The molecule has 0 aromatic heterocycles. The molecule has 4 nitrogen and oxygen atoms in total. The average Bonchev–Trinajstić information content (AvgIpc) is 2.13. The minimum absolute atomic E-state index is 0.173. The normalized spacial score (nSPS) is 17.1. The predicted octanol–water partition coefficient (Wildman–Crippen LogP) is 1.72. The summed E-state index contributed by atoms with van der Waals surface area (Å²) in [5.41, 5.74) is 0. The van der Waals surface area contributed by atoms with E-state index in [0.29, 0.717) is 0 Å². The maximum Gasteiger partial charge on any atom is 0.324 e. The van der Waals surface area contributed by atoms with Gasteiger partial charge >= 0.3 is 5.97 Å². The molecule has 14 heavy (non-hydrogen) atoms. The van der Waals surface area contributed by atoms with Gasteiger partial charge in [0.05, 0.1) is 6.10 Å². The Hall–Kier alpha value is -0.420. The maximum atomic E-state index is 11.2. The predicted molar refractivity (Wildman–Crippen MR) is 55.3 cm³/mol. The van der Waals surface area contributed by atoms with Crippen molar-refractivity contribution in [1.82, 2.24) is 0 Å². The van der Waals surface area contributed by atoms with Crippen LogP contribution < -0.4 is 0 Å². The molecule has 0 aliphatic rings. The monoisotopic (exact) mass is 222 g/mol. The van der Waals surface area contributed by atoms with E-state index in [4.69, 9.17) is 9.29 Å². The van der Waals surface area contributed by atoms with Crippen LogP contribution in [-0.4, -0.2) is 26.1 Å². The molecule has 0 aliphatic heterocycles. The second-order valence-corrected chi connectivity index (χ2v) is 4.57. The summed E-state index contributed by atoms with van der Waals surface area (Å²) in [5.74, 6) is -0.602. The van der Waals surface area contributed by atoms with E-state index in [1.165, 1.54) is 6.92 Å². The second kappa shape index (κ2) is 6.95. The van der Waals surface area contributed by atoms with E-state index < -0.39 is 22.3 Å². The number of unbranched alkanes of at least 4 members (excludes halogenated alkanes) is 1. The average molecular weight is 222 g/mol. The summed E-state index contributed by atoms with van der Waals surface area (Å²) in [4.78, 5) is 11.2. The summed E-state index contributed by atoms with van der Waals surface area (Å²) < 4.78 is 24.2. The molecule has 0 bridgehead atoms. The molecular weight excluding hydrogens is 204 g/mol. The fourth-order valence-electron chi connectivity index (χ4n) is 0.927. The van der Waals surface area contributed by atoms with Crippen molar-refractivity contribution >= 4 is 17.0 Å². The summed E-state index contributed by atoms with van der Waals surface area (Å²) in [5, 5.41) is -0.959. The molecule has 0 saturated heterocycles. The summed E-state index contributed by atoms with van der Waals surface area (Å²) in [6.07, 6.45) is 2.66. The molecule has 1 N–H and O–H groups in total. The van der Waals surface area contributed by atoms with Crippen LogP contribution in [0, 0.1) is 0 Å². The zero-order valence-electron chi connectivity index (χ0n) is 8.86. The highest BCUT2D eigenvalue weighted by molar-refractivity contribution is 7.80. The van der Waals surface area contributed by atoms with Crippen LogP contribution in [0.4, 0.5) is 0 Å². The molecule has 0 amide bonds. The van der Waals surface area contributed by atoms with Crippen LogP contribution in [0.25, 0.3) is 0 Å². The van der Waals surface area contributed by atoms with Crippen molar-refractivity contribution in [1.29, 1.82) is 0 Å². The second-order valence-electron chi connectivity index (χ2n) is 3.31. The molecule has 5 heteroatoms. The van der Waals surface area contributed by atoms with E-state index in [9.17, 15) is 9.00 Å². The van der Waals surface area contributed by atoms with Gasteiger partial charge in [0.25, 0.3) is 0 Å². The smallest absolute Gasteiger partial charge is 0.324 e. The third kappa shape index (κ3) is 5.34. The van der Waals surface area contributed by atoms with Crippen molar-refractivity contribution in [2.45, 2.75) is 51.4 Å². The molecule has 0 spiro atoms. The number of rotatable bonds is 6. The molecule has 0 aromatic carbocycles. The lowest BCUT2D eigenvalue weighted by molar-refractivity contribution is -0.147. The Morgan fingerprint density at radius 3 is 2.50 bits per heavy atom. The number of carbonyl (C=O) groups is 1. The Balaban J connectivity index is 3.87. The minimum atomic E-state index is -2.14. The van der Waals surface area contributed by atoms with Crippen LogP contribution in [0.1, 0.15) is 40.0 Å². The molecule has 0 rings (SSSR count). The van der Waals surface area contributed by atoms with Gasteiger partial charge < -0.3 is 9.29 Å². The Bertz CT molecular complexity index is 205. The Morgan fingerprint density at radius 2 is 2.07 bits per heavy atom. The van der Waals surface area contributed by atoms with Crippen molar-refractivity contribution < 1.29 is 18.3 Å². The van der Waals surface area contributed by atoms with Gasteiger partial charge in [0.2, 0.25) is 0 Å². The first-order valence-electron chi connectivity index (χ1n) is 4.79. The Morgan fingerprint density at radius 1 is 1.50 bits per heavy atom. The first-order chi connectivity index (χ1) is 6.49. The van der Waals surface area contributed by atoms with Gasteiger partial charge in [-0.05, 0) is 20.3 Å². The van der Waals surface area contributed by atoms with Gasteiger partial charge in [-0.15, -0.1) is 0 Å². The summed E-state index contributed by atoms with van der Waals surface area (Å²) in [6, 6.07) is 0. The third-order valence-electron chi connectivity index (χ3n) is 1.92. The van der Waals surface area contributed by atoms with Gasteiger partial charge in [-0.3, -0.25) is 4.79 Å². The van der Waals surface area contributed by atoms with Crippen molar-refractivity contribution in [3.63, 3.8) is 0 Å². The Kier molecular flexibility index (Phi) is 6.74. The van der Waals surface area contributed by atoms with E-state index in [1.807, 2.05) is 0 Å². The SMILES string of the molecule is CCCCC(C)OC(=O)C(C)S(=O)O. The summed E-state index contributed by atoms with van der Waals surface area (Å²) >= 11 is -2.14. The van der Waals surface area contributed by atoms with Crippen LogP contribution in [0.2, 0.25) is 0 Å². The molecule has 0 aliphatic carbocycles. The largest absolute Gasteiger partial charge is 0.462 e. The lowest BCUT2D eigenvalue weighted by atomic mass is 10.2. The molecular formula is C9H18O4S.